The number of esters is 4. The highest BCUT2D eigenvalue weighted by Crippen LogP contribution is 2.30. The van der Waals surface area contributed by atoms with Gasteiger partial charge >= 0.3 is 23.9 Å². The third-order valence-corrected chi connectivity index (χ3v) is 6.76. The van der Waals surface area contributed by atoms with E-state index in [2.05, 4.69) is 0 Å². The summed E-state index contributed by atoms with van der Waals surface area (Å²) in [4.78, 5) is 52.3. The highest BCUT2D eigenvalue weighted by molar-refractivity contribution is 5.91. The van der Waals surface area contributed by atoms with Gasteiger partial charge < -0.3 is 28.8 Å². The van der Waals surface area contributed by atoms with Crippen molar-refractivity contribution < 1.29 is 48.0 Å². The number of carbonyl (C=O) groups excluding carboxylic acids is 4. The van der Waals surface area contributed by atoms with E-state index >= 15 is 0 Å². The summed E-state index contributed by atoms with van der Waals surface area (Å²) < 4.78 is 28.4. The van der Waals surface area contributed by atoms with Crippen LogP contribution < -0.4 is 0 Å². The fraction of sp³-hybridized carbons (Fsp3) is 0.176. The number of rotatable bonds is 9. The molecule has 10 nitrogen and oxygen atoms in total. The van der Waals surface area contributed by atoms with Gasteiger partial charge in [0.2, 0.25) is 0 Å². The van der Waals surface area contributed by atoms with Crippen LogP contribution in [0.4, 0.5) is 0 Å². The third kappa shape index (κ3) is 7.35. The molecule has 0 aromatic heterocycles. The van der Waals surface area contributed by atoms with Gasteiger partial charge in [-0.3, -0.25) is 0 Å². The van der Waals surface area contributed by atoms with Gasteiger partial charge in [-0.05, 0) is 48.5 Å². The van der Waals surface area contributed by atoms with Crippen LogP contribution in [0.3, 0.4) is 0 Å². The molecule has 1 aliphatic rings. The highest BCUT2D eigenvalue weighted by Gasteiger charge is 2.52. The SMILES string of the molecule is O=C(OC[C@@H]1O[C@H](O)[C@@H](OC(=O)c2ccccc2)[C@H](OC(=O)c2ccccc2)[C@@H]1OC(=O)c1ccccc1)c1ccccc1. The van der Waals surface area contributed by atoms with E-state index in [1.807, 2.05) is 0 Å². The maximum absolute atomic E-state index is 13.3. The highest BCUT2D eigenvalue weighted by atomic mass is 16.7. The van der Waals surface area contributed by atoms with Gasteiger partial charge in [-0.1, -0.05) is 72.8 Å². The number of aliphatic hydroxyl groups is 1. The normalized spacial score (nSPS) is 21.0. The van der Waals surface area contributed by atoms with E-state index in [1.165, 1.54) is 36.4 Å². The molecular formula is C34H28O10. The van der Waals surface area contributed by atoms with Gasteiger partial charge in [0.15, 0.2) is 24.6 Å². The van der Waals surface area contributed by atoms with Crippen LogP contribution >= 0.6 is 0 Å². The minimum absolute atomic E-state index is 0.154. The molecular weight excluding hydrogens is 568 g/mol. The third-order valence-electron chi connectivity index (χ3n) is 6.76. The zero-order chi connectivity index (χ0) is 30.9. The first-order valence-electron chi connectivity index (χ1n) is 13.7. The quantitative estimate of drug-likeness (QED) is 0.221. The predicted octanol–water partition coefficient (Wildman–Crippen LogP) is 4.24. The topological polar surface area (TPSA) is 135 Å². The molecule has 5 rings (SSSR count). The molecule has 5 atom stereocenters. The minimum Gasteiger partial charge on any atom is -0.459 e. The van der Waals surface area contributed by atoms with Crippen LogP contribution in [-0.4, -0.2) is 66.3 Å². The van der Waals surface area contributed by atoms with Crippen molar-refractivity contribution in [2.45, 2.75) is 30.7 Å². The van der Waals surface area contributed by atoms with E-state index in [9.17, 15) is 24.3 Å². The molecule has 0 unspecified atom stereocenters. The lowest BCUT2D eigenvalue weighted by molar-refractivity contribution is -0.284. The first-order chi connectivity index (χ1) is 21.4. The molecule has 0 saturated carbocycles. The maximum atomic E-state index is 13.3. The summed E-state index contributed by atoms with van der Waals surface area (Å²) in [5.41, 5.74) is 0.736. The van der Waals surface area contributed by atoms with Crippen molar-refractivity contribution in [1.82, 2.24) is 0 Å². The standard InChI is InChI=1S/C34H28O10/c35-30(22-13-5-1-6-14-22)40-21-26-27(42-31(36)23-15-7-2-8-16-23)28(43-32(37)24-17-9-3-10-18-24)29(34(39)41-26)44-33(38)25-19-11-4-12-20-25/h1-20,26-29,34,39H,21H2/t26-,27+,28+,29-,34-/m0/s1. The smallest absolute Gasteiger partial charge is 0.338 e. The Morgan fingerprint density at radius 3 is 1.25 bits per heavy atom. The van der Waals surface area contributed by atoms with E-state index in [0.29, 0.717) is 0 Å². The summed E-state index contributed by atoms with van der Waals surface area (Å²) in [6, 6.07) is 32.1. The predicted molar refractivity (Wildman–Crippen MR) is 155 cm³/mol. The lowest BCUT2D eigenvalue weighted by atomic mass is 9.97. The first kappa shape index (κ1) is 30.1. The molecule has 1 aliphatic heterocycles. The molecule has 0 radical (unpaired) electrons. The monoisotopic (exact) mass is 596 g/mol. The Bertz CT molecular complexity index is 1560. The summed E-state index contributed by atoms with van der Waals surface area (Å²) in [5.74, 6) is -3.21. The molecule has 44 heavy (non-hydrogen) atoms. The maximum Gasteiger partial charge on any atom is 0.338 e. The van der Waals surface area contributed by atoms with Crippen molar-refractivity contribution in [3.63, 3.8) is 0 Å². The molecule has 0 amide bonds. The molecule has 0 spiro atoms. The zero-order valence-electron chi connectivity index (χ0n) is 23.3. The van der Waals surface area contributed by atoms with Crippen LogP contribution in [0.5, 0.6) is 0 Å². The summed E-state index contributed by atoms with van der Waals surface area (Å²) in [5, 5.41) is 11.1. The molecule has 1 heterocycles. The second-order valence-electron chi connectivity index (χ2n) is 9.74. The molecule has 1 N–H and O–H groups in total. The first-order valence-corrected chi connectivity index (χ1v) is 13.7. The Kier molecular flexibility index (Phi) is 9.75. The summed E-state index contributed by atoms with van der Waals surface area (Å²) in [6.45, 7) is -0.504. The average molecular weight is 597 g/mol. The van der Waals surface area contributed by atoms with Gasteiger partial charge in [-0.15, -0.1) is 0 Å². The lowest BCUT2D eigenvalue weighted by Crippen LogP contribution is -2.62. The van der Waals surface area contributed by atoms with E-state index in [1.54, 1.807) is 84.9 Å². The number of hydrogen-bond acceptors (Lipinski definition) is 10. The molecule has 4 aromatic rings. The summed E-state index contributed by atoms with van der Waals surface area (Å²) >= 11 is 0. The number of carbonyl (C=O) groups is 4. The Morgan fingerprint density at radius 1 is 0.500 bits per heavy atom. The molecule has 224 valence electrons. The Morgan fingerprint density at radius 2 is 0.841 bits per heavy atom. The molecule has 1 fully saturated rings. The van der Waals surface area contributed by atoms with Crippen molar-refractivity contribution in [3.05, 3.63) is 144 Å². The number of benzene rings is 4. The second kappa shape index (κ2) is 14.2. The van der Waals surface area contributed by atoms with Crippen molar-refractivity contribution in [3.8, 4) is 0 Å². The van der Waals surface area contributed by atoms with Crippen molar-refractivity contribution in [2.24, 2.45) is 0 Å². The fourth-order valence-corrected chi connectivity index (χ4v) is 4.54. The van der Waals surface area contributed by atoms with Gasteiger partial charge in [0.25, 0.3) is 0 Å². The van der Waals surface area contributed by atoms with Crippen molar-refractivity contribution in [2.75, 3.05) is 6.61 Å². The summed E-state index contributed by atoms with van der Waals surface area (Å²) in [6.07, 6.45) is -7.89. The van der Waals surface area contributed by atoms with Crippen LogP contribution in [0.1, 0.15) is 41.4 Å². The Balaban J connectivity index is 1.48. The van der Waals surface area contributed by atoms with Crippen LogP contribution in [0.25, 0.3) is 0 Å². The Labute approximate surface area is 252 Å². The Hall–Kier alpha value is -5.32. The number of hydrogen-bond donors (Lipinski definition) is 1. The number of ether oxygens (including phenoxy) is 5. The van der Waals surface area contributed by atoms with Crippen LogP contribution in [-0.2, 0) is 23.7 Å². The minimum atomic E-state index is -1.86. The van der Waals surface area contributed by atoms with Crippen LogP contribution in [0.15, 0.2) is 121 Å². The molecule has 0 aliphatic carbocycles. The van der Waals surface area contributed by atoms with Crippen molar-refractivity contribution >= 4 is 23.9 Å². The van der Waals surface area contributed by atoms with Crippen molar-refractivity contribution in [1.29, 1.82) is 0 Å². The van der Waals surface area contributed by atoms with E-state index in [4.69, 9.17) is 23.7 Å². The zero-order valence-corrected chi connectivity index (χ0v) is 23.3. The summed E-state index contributed by atoms with van der Waals surface area (Å²) in [7, 11) is 0. The van der Waals surface area contributed by atoms with E-state index in [-0.39, 0.29) is 22.3 Å². The fourth-order valence-electron chi connectivity index (χ4n) is 4.54. The number of aliphatic hydroxyl groups excluding tert-OH is 1. The average Bonchev–Trinajstić information content (AvgIpc) is 3.07. The second-order valence-corrected chi connectivity index (χ2v) is 9.74. The van der Waals surface area contributed by atoms with Crippen LogP contribution in [0, 0.1) is 0 Å². The van der Waals surface area contributed by atoms with Gasteiger partial charge in [0.1, 0.15) is 12.7 Å². The molecule has 10 heteroatoms. The largest absolute Gasteiger partial charge is 0.459 e. The lowest BCUT2D eigenvalue weighted by Gasteiger charge is -2.42. The van der Waals surface area contributed by atoms with Crippen LogP contribution in [0.2, 0.25) is 0 Å². The van der Waals surface area contributed by atoms with E-state index in [0.717, 1.165) is 0 Å². The van der Waals surface area contributed by atoms with Gasteiger partial charge in [-0.2, -0.15) is 0 Å². The molecule has 0 bridgehead atoms. The molecule has 1 saturated heterocycles. The van der Waals surface area contributed by atoms with Gasteiger partial charge in [0, 0.05) is 0 Å². The van der Waals surface area contributed by atoms with Gasteiger partial charge in [-0.25, -0.2) is 19.2 Å². The molecule has 4 aromatic carbocycles. The van der Waals surface area contributed by atoms with E-state index < -0.39 is 61.2 Å². The van der Waals surface area contributed by atoms with Gasteiger partial charge in [0.05, 0.1) is 22.3 Å².